The van der Waals surface area contributed by atoms with Crippen molar-refractivity contribution in [1.82, 2.24) is 4.98 Å². The van der Waals surface area contributed by atoms with Gasteiger partial charge >= 0.3 is 5.97 Å². The minimum absolute atomic E-state index is 0.199. The molecule has 0 saturated heterocycles. The van der Waals surface area contributed by atoms with E-state index in [-0.39, 0.29) is 5.56 Å². The van der Waals surface area contributed by atoms with Crippen molar-refractivity contribution in [2.45, 2.75) is 11.4 Å². The second kappa shape index (κ2) is 4.81. The van der Waals surface area contributed by atoms with Gasteiger partial charge in [-0.15, -0.1) is 4.52 Å². The zero-order chi connectivity index (χ0) is 13.2. The Morgan fingerprint density at radius 3 is 3.05 bits per heavy atom. The monoisotopic (exact) mass is 271 g/mol. The topological polar surface area (TPSA) is 74.9 Å². The van der Waals surface area contributed by atoms with Gasteiger partial charge in [0.05, 0.1) is 12.1 Å². The molecule has 5 nitrogen and oxygen atoms in total. The molecular formula is C13H9N3O2S. The van der Waals surface area contributed by atoms with E-state index < -0.39 is 5.97 Å². The van der Waals surface area contributed by atoms with Crippen molar-refractivity contribution in [2.75, 3.05) is 0 Å². The number of carbonyl (C=O) groups is 1. The maximum absolute atomic E-state index is 11.2. The van der Waals surface area contributed by atoms with Gasteiger partial charge in [0.15, 0.2) is 0 Å². The van der Waals surface area contributed by atoms with Crippen molar-refractivity contribution in [3.63, 3.8) is 0 Å². The maximum atomic E-state index is 11.2. The summed E-state index contributed by atoms with van der Waals surface area (Å²) >= 11 is 1.31. The number of carboxylic acids is 1. The molecule has 0 atom stereocenters. The third-order valence-corrected chi connectivity index (χ3v) is 3.64. The van der Waals surface area contributed by atoms with Crippen LogP contribution < -0.4 is 0 Å². The Kier molecular flexibility index (Phi) is 3.00. The highest BCUT2D eigenvalue weighted by atomic mass is 32.2. The van der Waals surface area contributed by atoms with Gasteiger partial charge in [-0.3, -0.25) is 4.98 Å². The van der Waals surface area contributed by atoms with Crippen LogP contribution >= 0.6 is 11.9 Å². The predicted octanol–water partition coefficient (Wildman–Crippen LogP) is 3.42. The number of hydrogen-bond acceptors (Lipinski definition) is 5. The fourth-order valence-electron chi connectivity index (χ4n) is 1.93. The van der Waals surface area contributed by atoms with Crippen LogP contribution in [0.2, 0.25) is 0 Å². The van der Waals surface area contributed by atoms with Crippen molar-refractivity contribution in [2.24, 2.45) is 9.63 Å². The number of benzene rings is 1. The fourth-order valence-corrected chi connectivity index (χ4v) is 2.57. The van der Waals surface area contributed by atoms with Gasteiger partial charge in [-0.1, -0.05) is 12.1 Å². The molecule has 0 amide bonds. The summed E-state index contributed by atoms with van der Waals surface area (Å²) in [6.45, 7) is 0.574. The summed E-state index contributed by atoms with van der Waals surface area (Å²) in [5, 5.41) is 13.1. The molecule has 1 aromatic carbocycles. The molecule has 0 fully saturated rings. The van der Waals surface area contributed by atoms with Crippen molar-refractivity contribution in [3.05, 3.63) is 47.8 Å². The number of fused-ring (bicyclic) bond motifs is 1. The second-order valence-electron chi connectivity index (χ2n) is 4.02. The largest absolute Gasteiger partial charge is 0.478 e. The Balaban J connectivity index is 2.11. The van der Waals surface area contributed by atoms with E-state index in [9.17, 15) is 9.90 Å². The van der Waals surface area contributed by atoms with Gasteiger partial charge in [0.1, 0.15) is 0 Å². The van der Waals surface area contributed by atoms with E-state index in [0.29, 0.717) is 12.1 Å². The molecule has 1 aromatic heterocycles. The molecule has 0 bridgehead atoms. The molecular weight excluding hydrogens is 262 g/mol. The highest BCUT2D eigenvalue weighted by molar-refractivity contribution is 7.98. The molecule has 0 unspecified atom stereocenters. The highest BCUT2D eigenvalue weighted by Gasteiger charge is 2.14. The van der Waals surface area contributed by atoms with Crippen LogP contribution in [0.5, 0.6) is 0 Å². The predicted molar refractivity (Wildman–Crippen MR) is 71.0 cm³/mol. The molecule has 1 N–H and O–H groups in total. The van der Waals surface area contributed by atoms with Crippen LogP contribution in [0, 0.1) is 0 Å². The quantitative estimate of drug-likeness (QED) is 0.849. The van der Waals surface area contributed by atoms with Crippen LogP contribution in [-0.4, -0.2) is 16.1 Å². The Hall–Kier alpha value is -2.21. The zero-order valence-corrected chi connectivity index (χ0v) is 10.6. The fraction of sp³-hybridized carbons (Fsp3) is 0.0769. The number of nitrogens with zero attached hydrogens (tertiary/aromatic N) is 3. The number of hydrogen-bond donors (Lipinski definition) is 1. The van der Waals surface area contributed by atoms with E-state index in [1.54, 1.807) is 12.3 Å². The van der Waals surface area contributed by atoms with E-state index in [1.807, 2.05) is 18.2 Å². The summed E-state index contributed by atoms with van der Waals surface area (Å²) in [5.74, 6) is -0.979. The molecule has 2 heterocycles. The lowest BCUT2D eigenvalue weighted by Gasteiger charge is -2.11. The number of aromatic nitrogens is 1. The first kappa shape index (κ1) is 11.9. The van der Waals surface area contributed by atoms with Crippen LogP contribution in [-0.2, 0) is 6.54 Å². The summed E-state index contributed by atoms with van der Waals surface area (Å²) in [4.78, 5) is 16.1. The summed E-state index contributed by atoms with van der Waals surface area (Å²) in [5.41, 5.74) is 2.82. The van der Waals surface area contributed by atoms with Gasteiger partial charge in [-0.2, -0.15) is 5.11 Å². The molecule has 1 aliphatic heterocycles. The summed E-state index contributed by atoms with van der Waals surface area (Å²) in [6, 6.07) is 7.52. The summed E-state index contributed by atoms with van der Waals surface area (Å²) < 4.78 is 3.92. The molecule has 0 spiro atoms. The normalized spacial score (nSPS) is 13.1. The molecule has 3 rings (SSSR count). The van der Waals surface area contributed by atoms with Crippen LogP contribution in [0.3, 0.4) is 0 Å². The summed E-state index contributed by atoms with van der Waals surface area (Å²) in [6.07, 6.45) is 2.96. The van der Waals surface area contributed by atoms with Gasteiger partial charge in [-0.05, 0) is 28.8 Å². The van der Waals surface area contributed by atoms with Gasteiger partial charge < -0.3 is 5.11 Å². The van der Waals surface area contributed by atoms with E-state index in [0.717, 1.165) is 16.0 Å². The molecule has 2 aromatic rings. The molecule has 0 saturated carbocycles. The lowest BCUT2D eigenvalue weighted by atomic mass is 10.0. The van der Waals surface area contributed by atoms with Crippen molar-refractivity contribution in [3.8, 4) is 11.1 Å². The molecule has 19 heavy (non-hydrogen) atoms. The molecule has 6 heteroatoms. The first-order valence-corrected chi connectivity index (χ1v) is 6.37. The van der Waals surface area contributed by atoms with Crippen molar-refractivity contribution < 1.29 is 9.90 Å². The number of pyridine rings is 1. The first-order valence-electron chi connectivity index (χ1n) is 5.60. The number of aromatic carboxylic acids is 1. The Morgan fingerprint density at radius 1 is 1.32 bits per heavy atom. The zero-order valence-electron chi connectivity index (χ0n) is 9.78. The van der Waals surface area contributed by atoms with E-state index in [1.165, 1.54) is 18.1 Å². The van der Waals surface area contributed by atoms with Gasteiger partial charge in [0, 0.05) is 29.2 Å². The van der Waals surface area contributed by atoms with Gasteiger partial charge in [0.2, 0.25) is 0 Å². The molecule has 0 radical (unpaired) electrons. The van der Waals surface area contributed by atoms with Crippen LogP contribution in [0.4, 0.5) is 0 Å². The Labute approximate surface area is 113 Å². The van der Waals surface area contributed by atoms with Crippen molar-refractivity contribution >= 4 is 17.9 Å². The molecule has 1 aliphatic rings. The maximum Gasteiger partial charge on any atom is 0.337 e. The second-order valence-corrected chi connectivity index (χ2v) is 4.81. The van der Waals surface area contributed by atoms with Crippen LogP contribution in [0.15, 0.2) is 51.2 Å². The number of carboxylic acid groups (broad SMARTS) is 1. The lowest BCUT2D eigenvalue weighted by molar-refractivity contribution is 0.0697. The van der Waals surface area contributed by atoms with E-state index in [2.05, 4.69) is 14.6 Å². The number of rotatable bonds is 2. The standard InChI is InChI=1S/C13H9N3O2S/c17-13(18)11-7-14-4-3-10(11)8-1-2-9-6-15-16-19-12(9)5-8/h1-5,7H,6H2,(H,17,18). The van der Waals surface area contributed by atoms with E-state index >= 15 is 0 Å². The molecule has 94 valence electrons. The lowest BCUT2D eigenvalue weighted by Crippen LogP contribution is -2.00. The first-order chi connectivity index (χ1) is 9.25. The third kappa shape index (κ3) is 2.22. The smallest absolute Gasteiger partial charge is 0.337 e. The van der Waals surface area contributed by atoms with Gasteiger partial charge in [-0.25, -0.2) is 4.79 Å². The van der Waals surface area contributed by atoms with Crippen molar-refractivity contribution in [1.29, 1.82) is 0 Å². The Bertz CT molecular complexity index is 685. The average Bonchev–Trinajstić information content (AvgIpc) is 2.46. The van der Waals surface area contributed by atoms with E-state index in [4.69, 9.17) is 0 Å². The van der Waals surface area contributed by atoms with Crippen LogP contribution in [0.25, 0.3) is 11.1 Å². The highest BCUT2D eigenvalue weighted by Crippen LogP contribution is 2.34. The third-order valence-electron chi connectivity index (χ3n) is 2.87. The molecule has 0 aliphatic carbocycles. The summed E-state index contributed by atoms with van der Waals surface area (Å²) in [7, 11) is 0. The minimum Gasteiger partial charge on any atom is -0.478 e. The van der Waals surface area contributed by atoms with Gasteiger partial charge in [0.25, 0.3) is 0 Å². The minimum atomic E-state index is -0.979. The van der Waals surface area contributed by atoms with Crippen LogP contribution in [0.1, 0.15) is 15.9 Å². The average molecular weight is 271 g/mol. The SMILES string of the molecule is O=C(O)c1cnccc1-c1ccc2c(c1)SN=NC2. The Morgan fingerprint density at radius 2 is 2.21 bits per heavy atom.